The van der Waals surface area contributed by atoms with Gasteiger partial charge in [0.2, 0.25) is 0 Å². The number of hydrogen-bond donors (Lipinski definition) is 1. The van der Waals surface area contributed by atoms with E-state index >= 15 is 0 Å². The summed E-state index contributed by atoms with van der Waals surface area (Å²) < 4.78 is 26.9. The van der Waals surface area contributed by atoms with Crippen LogP contribution in [0.4, 0.5) is 0 Å². The number of aromatic nitrogens is 1. The molecule has 1 unspecified atom stereocenters. The fraction of sp³-hybridized carbons (Fsp3) is 0.667. The molecule has 6 heteroatoms. The molecule has 21 heavy (non-hydrogen) atoms. The van der Waals surface area contributed by atoms with E-state index < -0.39 is 10.0 Å². The number of hydrogen-bond acceptors (Lipinski definition) is 4. The predicted molar refractivity (Wildman–Crippen MR) is 83.4 cm³/mol. The number of nitrogens with zero attached hydrogens (tertiary/aromatic N) is 2. The third-order valence-corrected chi connectivity index (χ3v) is 5.79. The summed E-state index contributed by atoms with van der Waals surface area (Å²) in [5, 5.41) is 3.45. The first-order valence-electron chi connectivity index (χ1n) is 7.77. The van der Waals surface area contributed by atoms with Crippen molar-refractivity contribution in [1.29, 1.82) is 0 Å². The Morgan fingerprint density at radius 3 is 2.81 bits per heavy atom. The molecule has 0 spiro atoms. The summed E-state index contributed by atoms with van der Waals surface area (Å²) in [5.41, 5.74) is 1.01. The van der Waals surface area contributed by atoms with Gasteiger partial charge >= 0.3 is 0 Å². The highest BCUT2D eigenvalue weighted by Gasteiger charge is 2.34. The molecule has 1 saturated heterocycles. The minimum absolute atomic E-state index is 0.127. The fourth-order valence-corrected chi connectivity index (χ4v) is 4.41. The quantitative estimate of drug-likeness (QED) is 0.784. The van der Waals surface area contributed by atoms with E-state index in [-0.39, 0.29) is 11.1 Å². The van der Waals surface area contributed by atoms with E-state index in [1.807, 2.05) is 13.0 Å². The summed E-state index contributed by atoms with van der Waals surface area (Å²) in [6, 6.07) is 3.60. The molecule has 0 radical (unpaired) electrons. The lowest BCUT2D eigenvalue weighted by atomic mass is 10.2. The minimum atomic E-state index is -3.44. The fourth-order valence-electron chi connectivity index (χ4n) is 2.73. The van der Waals surface area contributed by atoms with Crippen molar-refractivity contribution < 1.29 is 8.42 Å². The normalized spacial score (nSPS) is 20.0. The molecule has 0 aliphatic carbocycles. The van der Waals surface area contributed by atoms with Crippen molar-refractivity contribution in [2.45, 2.75) is 57.1 Å². The van der Waals surface area contributed by atoms with Crippen LogP contribution < -0.4 is 5.32 Å². The minimum Gasteiger partial charge on any atom is -0.313 e. The zero-order valence-corrected chi connectivity index (χ0v) is 13.7. The Kier molecular flexibility index (Phi) is 5.72. The zero-order chi connectivity index (χ0) is 15.3. The van der Waals surface area contributed by atoms with Crippen LogP contribution in [-0.2, 0) is 16.6 Å². The Hall–Kier alpha value is -0.980. The van der Waals surface area contributed by atoms with E-state index in [1.165, 1.54) is 0 Å². The molecule has 0 amide bonds. The second-order valence-electron chi connectivity index (χ2n) is 5.50. The largest absolute Gasteiger partial charge is 0.313 e. The molecule has 2 heterocycles. The van der Waals surface area contributed by atoms with Gasteiger partial charge in [-0.05, 0) is 43.9 Å². The van der Waals surface area contributed by atoms with E-state index in [2.05, 4.69) is 17.2 Å². The maximum absolute atomic E-state index is 12.6. The first kappa shape index (κ1) is 16.4. The maximum Gasteiger partial charge on any atom is 0.260 e. The van der Waals surface area contributed by atoms with Gasteiger partial charge in [0.25, 0.3) is 10.0 Å². The van der Waals surface area contributed by atoms with Crippen LogP contribution in [0.25, 0.3) is 0 Å². The lowest BCUT2D eigenvalue weighted by Crippen LogP contribution is -2.35. The van der Waals surface area contributed by atoms with Gasteiger partial charge in [-0.15, -0.1) is 0 Å². The van der Waals surface area contributed by atoms with Gasteiger partial charge in [-0.25, -0.2) is 13.4 Å². The summed E-state index contributed by atoms with van der Waals surface area (Å²) in [7, 11) is -3.44. The number of rotatable bonds is 7. The monoisotopic (exact) mass is 311 g/mol. The van der Waals surface area contributed by atoms with E-state index in [9.17, 15) is 8.42 Å². The van der Waals surface area contributed by atoms with Gasteiger partial charge in [0.1, 0.15) is 0 Å². The van der Waals surface area contributed by atoms with Gasteiger partial charge in [0.15, 0.2) is 5.03 Å². The molecule has 5 nitrogen and oxygen atoms in total. The molecule has 0 aromatic carbocycles. The van der Waals surface area contributed by atoms with Crippen LogP contribution in [0.15, 0.2) is 23.4 Å². The van der Waals surface area contributed by atoms with Crippen LogP contribution in [0.3, 0.4) is 0 Å². The Labute approximate surface area is 127 Å². The van der Waals surface area contributed by atoms with E-state index in [0.717, 1.165) is 44.3 Å². The summed E-state index contributed by atoms with van der Waals surface area (Å²) >= 11 is 0. The van der Waals surface area contributed by atoms with E-state index in [0.29, 0.717) is 6.54 Å². The third kappa shape index (κ3) is 3.81. The lowest BCUT2D eigenvalue weighted by Gasteiger charge is -2.22. The molecule has 0 saturated carbocycles. The van der Waals surface area contributed by atoms with Crippen molar-refractivity contribution >= 4 is 10.0 Å². The highest BCUT2D eigenvalue weighted by atomic mass is 32.2. The van der Waals surface area contributed by atoms with Crippen LogP contribution in [0.1, 0.15) is 45.1 Å². The van der Waals surface area contributed by atoms with Crippen LogP contribution in [0.2, 0.25) is 0 Å². The first-order chi connectivity index (χ1) is 10.1. The van der Waals surface area contributed by atoms with E-state index in [1.54, 1.807) is 16.6 Å². The third-order valence-electron chi connectivity index (χ3n) is 3.92. The van der Waals surface area contributed by atoms with Crippen molar-refractivity contribution in [3.63, 3.8) is 0 Å². The summed E-state index contributed by atoms with van der Waals surface area (Å²) in [6.07, 6.45) is 5.49. The van der Waals surface area contributed by atoms with Crippen molar-refractivity contribution in [3.8, 4) is 0 Å². The van der Waals surface area contributed by atoms with Gasteiger partial charge in [-0.2, -0.15) is 4.31 Å². The number of sulfonamides is 1. The highest BCUT2D eigenvalue weighted by molar-refractivity contribution is 7.89. The van der Waals surface area contributed by atoms with Crippen LogP contribution >= 0.6 is 0 Å². The molecule has 1 aromatic rings. The molecular formula is C15H25N3O2S. The van der Waals surface area contributed by atoms with Gasteiger partial charge in [0.05, 0.1) is 0 Å². The van der Waals surface area contributed by atoms with Crippen molar-refractivity contribution in [2.75, 3.05) is 13.1 Å². The summed E-state index contributed by atoms with van der Waals surface area (Å²) in [4.78, 5) is 4.17. The lowest BCUT2D eigenvalue weighted by molar-refractivity contribution is 0.378. The standard InChI is InChI=1S/C15H25N3O2S/c1-3-9-16-11-13-7-8-15(17-12-13)21(19,20)18-10-5-6-14(18)4-2/h7-8,12,14,16H,3-6,9-11H2,1-2H3. The second kappa shape index (κ2) is 7.33. The smallest absolute Gasteiger partial charge is 0.260 e. The highest BCUT2D eigenvalue weighted by Crippen LogP contribution is 2.26. The molecule has 1 fully saturated rings. The predicted octanol–water partition coefficient (Wildman–Crippen LogP) is 2.14. The topological polar surface area (TPSA) is 62.3 Å². The molecule has 1 N–H and O–H groups in total. The number of nitrogens with one attached hydrogen (secondary N) is 1. The van der Waals surface area contributed by atoms with Crippen molar-refractivity contribution in [1.82, 2.24) is 14.6 Å². The average molecular weight is 311 g/mol. The Balaban J connectivity index is 2.10. The van der Waals surface area contributed by atoms with Crippen LogP contribution in [0.5, 0.6) is 0 Å². The zero-order valence-electron chi connectivity index (χ0n) is 12.9. The molecule has 0 bridgehead atoms. The molecule has 1 aromatic heterocycles. The summed E-state index contributed by atoms with van der Waals surface area (Å²) in [6.45, 7) is 6.44. The molecule has 2 rings (SSSR count). The van der Waals surface area contributed by atoms with Gasteiger partial charge < -0.3 is 5.32 Å². The Bertz CT molecular complexity index is 543. The van der Waals surface area contributed by atoms with Crippen molar-refractivity contribution in [3.05, 3.63) is 23.9 Å². The molecule has 118 valence electrons. The molecular weight excluding hydrogens is 286 g/mol. The maximum atomic E-state index is 12.6. The SMILES string of the molecule is CCCNCc1ccc(S(=O)(=O)N2CCCC2CC)nc1. The Morgan fingerprint density at radius 2 is 2.19 bits per heavy atom. The molecule has 1 aliphatic rings. The second-order valence-corrected chi connectivity index (χ2v) is 7.34. The first-order valence-corrected chi connectivity index (χ1v) is 9.21. The number of pyridine rings is 1. The van der Waals surface area contributed by atoms with Gasteiger partial charge in [-0.1, -0.05) is 19.9 Å². The van der Waals surface area contributed by atoms with Gasteiger partial charge in [0, 0.05) is 25.3 Å². The average Bonchev–Trinajstić information content (AvgIpc) is 2.97. The van der Waals surface area contributed by atoms with E-state index in [4.69, 9.17) is 0 Å². The van der Waals surface area contributed by atoms with Gasteiger partial charge in [-0.3, -0.25) is 0 Å². The molecule has 1 aliphatic heterocycles. The van der Waals surface area contributed by atoms with Crippen LogP contribution in [-0.4, -0.2) is 36.8 Å². The summed E-state index contributed by atoms with van der Waals surface area (Å²) in [5.74, 6) is 0. The molecule has 1 atom stereocenters. The van der Waals surface area contributed by atoms with Crippen LogP contribution in [0, 0.1) is 0 Å². The van der Waals surface area contributed by atoms with Crippen molar-refractivity contribution in [2.24, 2.45) is 0 Å². The Morgan fingerprint density at radius 1 is 1.38 bits per heavy atom.